The van der Waals surface area contributed by atoms with Crippen LogP contribution in [0.25, 0.3) is 5.69 Å². The van der Waals surface area contributed by atoms with Gasteiger partial charge in [-0.1, -0.05) is 48.5 Å². The highest BCUT2D eigenvalue weighted by Gasteiger charge is 2.40. The molecule has 0 radical (unpaired) electrons. The molecule has 188 valence electrons. The Morgan fingerprint density at radius 1 is 1.14 bits per heavy atom. The van der Waals surface area contributed by atoms with Crippen molar-refractivity contribution in [3.8, 4) is 17.6 Å². The van der Waals surface area contributed by atoms with Crippen molar-refractivity contribution in [3.05, 3.63) is 71.8 Å². The zero-order chi connectivity index (χ0) is 25.7. The number of ether oxygens (including phenoxy) is 1. The number of amides is 2. The second kappa shape index (κ2) is 10.7. The largest absolute Gasteiger partial charge is 0.461 e. The second-order valence-electron chi connectivity index (χ2n) is 8.50. The molecule has 2 amide bonds. The molecule has 36 heavy (non-hydrogen) atoms. The van der Waals surface area contributed by atoms with Crippen molar-refractivity contribution < 1.29 is 22.7 Å². The first-order valence-corrected chi connectivity index (χ1v) is 11.3. The Balaban J connectivity index is 1.56. The lowest BCUT2D eigenvalue weighted by Crippen LogP contribution is -2.43. The quantitative estimate of drug-likeness (QED) is 0.508. The van der Waals surface area contributed by atoms with Crippen molar-refractivity contribution in [2.75, 3.05) is 31.6 Å². The van der Waals surface area contributed by atoms with E-state index in [0.717, 1.165) is 5.56 Å². The summed E-state index contributed by atoms with van der Waals surface area (Å²) in [5.74, 6) is 0.206. The summed E-state index contributed by atoms with van der Waals surface area (Å²) < 4.78 is 46.1. The Hall–Kier alpha value is -4.04. The Labute approximate surface area is 206 Å². The number of para-hydroxylation sites is 1. The maximum absolute atomic E-state index is 13.1. The molecule has 1 aliphatic rings. The van der Waals surface area contributed by atoms with Gasteiger partial charge in [-0.05, 0) is 24.6 Å². The lowest BCUT2D eigenvalue weighted by molar-refractivity contribution is -0.143. The number of aromatic nitrogens is 2. The van der Waals surface area contributed by atoms with E-state index in [4.69, 9.17) is 10.00 Å². The highest BCUT2D eigenvalue weighted by atomic mass is 19.4. The van der Waals surface area contributed by atoms with Crippen LogP contribution in [0.4, 0.5) is 23.8 Å². The zero-order valence-electron chi connectivity index (χ0n) is 19.5. The van der Waals surface area contributed by atoms with E-state index < -0.39 is 24.8 Å². The molecule has 2 N–H and O–H groups in total. The molecule has 2 aromatic carbocycles. The van der Waals surface area contributed by atoms with Crippen molar-refractivity contribution in [2.45, 2.75) is 25.1 Å². The second-order valence-corrected chi connectivity index (χ2v) is 8.50. The fourth-order valence-corrected chi connectivity index (χ4v) is 4.38. The molecular formula is C25H25F3N6O2. The third-order valence-corrected chi connectivity index (χ3v) is 5.93. The summed E-state index contributed by atoms with van der Waals surface area (Å²) >= 11 is 0. The number of halogens is 3. The molecule has 0 spiro atoms. The standard InChI is InChI=1S/C25H25F3N6O2/c1-17-22(34(19-10-6-3-7-11-19)32-23(17)36-13-12-29)31-24(35)30-21-15-33(16-25(26,27)28)14-20(21)18-8-4-2-5-9-18/h2-11,20-21H,13-16H2,1H3,(H2,30,31,35)/t20-,21+/m1/s1. The van der Waals surface area contributed by atoms with Crippen LogP contribution >= 0.6 is 0 Å². The van der Waals surface area contributed by atoms with Gasteiger partial charge in [0, 0.05) is 19.0 Å². The molecule has 8 nitrogen and oxygen atoms in total. The molecule has 1 aliphatic heterocycles. The van der Waals surface area contributed by atoms with Gasteiger partial charge in [0.25, 0.3) is 0 Å². The summed E-state index contributed by atoms with van der Waals surface area (Å²) in [6, 6.07) is 19.0. The van der Waals surface area contributed by atoms with E-state index in [9.17, 15) is 18.0 Å². The predicted molar refractivity (Wildman–Crippen MR) is 127 cm³/mol. The van der Waals surface area contributed by atoms with E-state index in [-0.39, 0.29) is 31.5 Å². The van der Waals surface area contributed by atoms with Gasteiger partial charge in [-0.15, -0.1) is 5.10 Å². The number of nitrogens with zero attached hydrogens (tertiary/aromatic N) is 4. The van der Waals surface area contributed by atoms with Gasteiger partial charge in [0.1, 0.15) is 11.9 Å². The average Bonchev–Trinajstić information content (AvgIpc) is 3.38. The van der Waals surface area contributed by atoms with Crippen LogP contribution in [0, 0.1) is 18.3 Å². The van der Waals surface area contributed by atoms with Crippen LogP contribution in [0.2, 0.25) is 0 Å². The van der Waals surface area contributed by atoms with Crippen molar-refractivity contribution in [1.29, 1.82) is 5.26 Å². The summed E-state index contributed by atoms with van der Waals surface area (Å²) in [6.07, 6.45) is -4.34. The van der Waals surface area contributed by atoms with Gasteiger partial charge in [0.15, 0.2) is 6.61 Å². The Kier molecular flexibility index (Phi) is 7.45. The van der Waals surface area contributed by atoms with Gasteiger partial charge in [0.05, 0.1) is 23.8 Å². The fraction of sp³-hybridized carbons (Fsp3) is 0.320. The number of carbonyl (C=O) groups is 1. The van der Waals surface area contributed by atoms with Crippen LogP contribution < -0.4 is 15.4 Å². The van der Waals surface area contributed by atoms with Crippen LogP contribution in [0.3, 0.4) is 0 Å². The summed E-state index contributed by atoms with van der Waals surface area (Å²) in [4.78, 5) is 14.4. The molecule has 0 bridgehead atoms. The van der Waals surface area contributed by atoms with Gasteiger partial charge < -0.3 is 10.1 Å². The van der Waals surface area contributed by atoms with Crippen molar-refractivity contribution in [3.63, 3.8) is 0 Å². The van der Waals surface area contributed by atoms with Crippen molar-refractivity contribution in [1.82, 2.24) is 20.0 Å². The van der Waals surface area contributed by atoms with Crippen molar-refractivity contribution >= 4 is 11.8 Å². The first-order valence-electron chi connectivity index (χ1n) is 11.3. The van der Waals surface area contributed by atoms with E-state index in [1.165, 1.54) is 9.58 Å². The number of carbonyl (C=O) groups excluding carboxylic acids is 1. The van der Waals surface area contributed by atoms with E-state index in [1.54, 1.807) is 19.1 Å². The summed E-state index contributed by atoms with van der Waals surface area (Å²) in [5.41, 5.74) is 2.02. The first-order chi connectivity index (χ1) is 17.2. The fourth-order valence-electron chi connectivity index (χ4n) is 4.38. The molecule has 0 aliphatic carbocycles. The third kappa shape index (κ3) is 5.95. The molecule has 4 rings (SSSR count). The predicted octanol–water partition coefficient (Wildman–Crippen LogP) is 4.23. The highest BCUT2D eigenvalue weighted by Crippen LogP contribution is 2.31. The first kappa shape index (κ1) is 25.1. The van der Waals surface area contributed by atoms with E-state index in [0.29, 0.717) is 17.1 Å². The number of benzene rings is 2. The molecular weight excluding hydrogens is 473 g/mol. The average molecular weight is 499 g/mol. The van der Waals surface area contributed by atoms with E-state index >= 15 is 0 Å². The number of rotatable bonds is 7. The Morgan fingerprint density at radius 3 is 2.44 bits per heavy atom. The molecule has 1 aromatic heterocycles. The smallest absolute Gasteiger partial charge is 0.401 e. The molecule has 0 saturated carbocycles. The Bertz CT molecular complexity index is 1220. The number of hydrogen-bond acceptors (Lipinski definition) is 5. The molecule has 2 atom stereocenters. The molecule has 11 heteroatoms. The molecule has 2 heterocycles. The summed E-state index contributed by atoms with van der Waals surface area (Å²) in [5, 5.41) is 18.9. The molecule has 3 aromatic rings. The monoisotopic (exact) mass is 498 g/mol. The van der Waals surface area contributed by atoms with E-state index in [2.05, 4.69) is 15.7 Å². The van der Waals surface area contributed by atoms with Crippen LogP contribution in [0.5, 0.6) is 5.88 Å². The minimum Gasteiger partial charge on any atom is -0.461 e. The molecule has 1 saturated heterocycles. The summed E-state index contributed by atoms with van der Waals surface area (Å²) in [6.45, 7) is 0.660. The maximum Gasteiger partial charge on any atom is 0.401 e. The van der Waals surface area contributed by atoms with Gasteiger partial charge in [0.2, 0.25) is 5.88 Å². The number of alkyl halides is 3. The lowest BCUT2D eigenvalue weighted by Gasteiger charge is -2.21. The number of likely N-dealkylation sites (tertiary alicyclic amines) is 1. The topological polar surface area (TPSA) is 95.2 Å². The number of anilines is 1. The van der Waals surface area contributed by atoms with Gasteiger partial charge in [-0.2, -0.15) is 18.4 Å². The number of urea groups is 1. The minimum atomic E-state index is -4.34. The van der Waals surface area contributed by atoms with Gasteiger partial charge in [-0.3, -0.25) is 10.2 Å². The number of nitrogens with one attached hydrogen (secondary N) is 2. The maximum atomic E-state index is 13.1. The third-order valence-electron chi connectivity index (χ3n) is 5.93. The van der Waals surface area contributed by atoms with Crippen LogP contribution in [0.1, 0.15) is 17.0 Å². The van der Waals surface area contributed by atoms with Crippen LogP contribution in [-0.2, 0) is 0 Å². The van der Waals surface area contributed by atoms with Crippen molar-refractivity contribution in [2.24, 2.45) is 0 Å². The molecule has 0 unspecified atom stereocenters. The minimum absolute atomic E-state index is 0.0555. The number of nitriles is 1. The summed E-state index contributed by atoms with van der Waals surface area (Å²) in [7, 11) is 0. The normalized spacial score (nSPS) is 18.0. The van der Waals surface area contributed by atoms with Crippen LogP contribution in [-0.4, -0.2) is 59.2 Å². The SMILES string of the molecule is Cc1c(OCC#N)nn(-c2ccccc2)c1NC(=O)N[C@H]1CN(CC(F)(F)F)C[C@@H]1c1ccccc1. The zero-order valence-corrected chi connectivity index (χ0v) is 19.5. The highest BCUT2D eigenvalue weighted by molar-refractivity contribution is 5.90. The van der Waals surface area contributed by atoms with E-state index in [1.807, 2.05) is 54.6 Å². The van der Waals surface area contributed by atoms with Crippen LogP contribution in [0.15, 0.2) is 60.7 Å². The number of hydrogen-bond donors (Lipinski definition) is 2. The lowest BCUT2D eigenvalue weighted by atomic mass is 9.94. The van der Waals surface area contributed by atoms with Gasteiger partial charge in [-0.25, -0.2) is 9.48 Å². The Morgan fingerprint density at radius 2 is 1.81 bits per heavy atom. The molecule has 1 fully saturated rings. The van der Waals surface area contributed by atoms with Gasteiger partial charge >= 0.3 is 12.2 Å².